The van der Waals surface area contributed by atoms with Crippen LogP contribution < -0.4 is 0 Å². The molecule has 0 saturated heterocycles. The van der Waals surface area contributed by atoms with Crippen LogP contribution in [0.15, 0.2) is 12.2 Å². The maximum atomic E-state index is 12.9. The number of esters is 3. The fourth-order valence-electron chi connectivity index (χ4n) is 10.3. The molecular formula is C67H128O6. The van der Waals surface area contributed by atoms with Crippen molar-refractivity contribution in [3.8, 4) is 0 Å². The molecule has 6 nitrogen and oxygen atoms in total. The largest absolute Gasteiger partial charge is 0.462 e. The Kier molecular flexibility index (Phi) is 61.1. The molecule has 73 heavy (non-hydrogen) atoms. The van der Waals surface area contributed by atoms with Gasteiger partial charge in [-0.05, 0) is 44.9 Å². The molecule has 0 fully saturated rings. The van der Waals surface area contributed by atoms with Gasteiger partial charge in [-0.1, -0.05) is 328 Å². The van der Waals surface area contributed by atoms with Gasteiger partial charge in [-0.15, -0.1) is 0 Å². The molecule has 0 aliphatic heterocycles. The van der Waals surface area contributed by atoms with Gasteiger partial charge < -0.3 is 14.2 Å². The van der Waals surface area contributed by atoms with E-state index < -0.39 is 6.10 Å². The Hall–Kier alpha value is -1.85. The van der Waals surface area contributed by atoms with Crippen LogP contribution in [-0.4, -0.2) is 37.2 Å². The van der Waals surface area contributed by atoms with Crippen LogP contribution in [0.5, 0.6) is 0 Å². The van der Waals surface area contributed by atoms with Crippen molar-refractivity contribution in [2.75, 3.05) is 13.2 Å². The minimum Gasteiger partial charge on any atom is -0.462 e. The standard InChI is InChI=1S/C67H128O6/c1-4-7-10-13-16-19-22-24-26-28-30-31-32-33-34-35-36-37-39-40-42-45-48-51-54-57-60-66(69)72-63-64(62-71-65(68)59-56-53-50-47-44-21-18-15-12-9-6-3)73-67(70)61-58-55-52-49-46-43-41-38-29-27-25-23-20-17-14-11-8-5-2/h27,29,64H,4-26,28,30-63H2,1-3H3/b29-27-. The van der Waals surface area contributed by atoms with Crippen molar-refractivity contribution in [2.45, 2.75) is 386 Å². The summed E-state index contributed by atoms with van der Waals surface area (Å²) in [4.78, 5) is 38.2. The molecule has 1 unspecified atom stereocenters. The van der Waals surface area contributed by atoms with Crippen LogP contribution >= 0.6 is 0 Å². The van der Waals surface area contributed by atoms with E-state index in [2.05, 4.69) is 32.9 Å². The molecule has 0 aromatic rings. The molecule has 0 aliphatic carbocycles. The number of carbonyl (C=O) groups is 3. The molecule has 0 rings (SSSR count). The Bertz CT molecular complexity index is 1130. The van der Waals surface area contributed by atoms with Crippen LogP contribution in [0.1, 0.15) is 380 Å². The zero-order chi connectivity index (χ0) is 52.9. The lowest BCUT2D eigenvalue weighted by molar-refractivity contribution is -0.167. The average molecular weight is 1030 g/mol. The number of allylic oxidation sites excluding steroid dienone is 2. The van der Waals surface area contributed by atoms with Crippen LogP contribution in [-0.2, 0) is 28.6 Å². The molecule has 0 aliphatic rings. The van der Waals surface area contributed by atoms with Crippen molar-refractivity contribution in [1.82, 2.24) is 0 Å². The van der Waals surface area contributed by atoms with E-state index in [1.807, 2.05) is 0 Å². The summed E-state index contributed by atoms with van der Waals surface area (Å²) in [6.07, 6.45) is 73.8. The number of rotatable bonds is 62. The Balaban J connectivity index is 4.16. The second kappa shape index (κ2) is 62.7. The third-order valence-corrected chi connectivity index (χ3v) is 15.3. The van der Waals surface area contributed by atoms with Gasteiger partial charge in [-0.3, -0.25) is 14.4 Å². The second-order valence-corrected chi connectivity index (χ2v) is 22.7. The predicted octanol–water partition coefficient (Wildman–Crippen LogP) is 22.4. The van der Waals surface area contributed by atoms with E-state index in [9.17, 15) is 14.4 Å². The Labute approximate surface area is 456 Å². The molecule has 0 amide bonds. The topological polar surface area (TPSA) is 78.9 Å². The SMILES string of the molecule is CCCCCCCCC/C=C\CCCCCCCCCC(=O)OC(COC(=O)CCCCCCCCCCCCC)COC(=O)CCCCCCCCCCCCCCCCCCCCCCCCCCCC. The zero-order valence-corrected chi connectivity index (χ0v) is 49.7. The number of hydrogen-bond donors (Lipinski definition) is 0. The van der Waals surface area contributed by atoms with Gasteiger partial charge in [0.15, 0.2) is 6.10 Å². The monoisotopic (exact) mass is 1030 g/mol. The fourth-order valence-corrected chi connectivity index (χ4v) is 10.3. The number of unbranched alkanes of at least 4 members (excludes halogenated alkanes) is 49. The molecule has 0 aromatic heterocycles. The normalized spacial score (nSPS) is 12.0. The summed E-state index contributed by atoms with van der Waals surface area (Å²) in [7, 11) is 0. The Morgan fingerprint density at radius 3 is 0.685 bits per heavy atom. The highest BCUT2D eigenvalue weighted by Crippen LogP contribution is 2.18. The summed E-state index contributed by atoms with van der Waals surface area (Å²) in [5, 5.41) is 0. The summed E-state index contributed by atoms with van der Waals surface area (Å²) >= 11 is 0. The van der Waals surface area contributed by atoms with E-state index in [4.69, 9.17) is 14.2 Å². The summed E-state index contributed by atoms with van der Waals surface area (Å²) in [5.74, 6) is -0.841. The lowest BCUT2D eigenvalue weighted by atomic mass is 10.0. The molecule has 0 heterocycles. The minimum absolute atomic E-state index is 0.0654. The number of carbonyl (C=O) groups excluding carboxylic acids is 3. The maximum Gasteiger partial charge on any atom is 0.306 e. The number of hydrogen-bond acceptors (Lipinski definition) is 6. The van der Waals surface area contributed by atoms with E-state index in [0.717, 1.165) is 57.8 Å². The van der Waals surface area contributed by atoms with Crippen molar-refractivity contribution in [3.05, 3.63) is 12.2 Å². The minimum atomic E-state index is -0.767. The van der Waals surface area contributed by atoms with Gasteiger partial charge in [0.1, 0.15) is 13.2 Å². The molecular weight excluding hydrogens is 901 g/mol. The molecule has 6 heteroatoms. The molecule has 0 bridgehead atoms. The maximum absolute atomic E-state index is 12.9. The van der Waals surface area contributed by atoms with Gasteiger partial charge in [-0.25, -0.2) is 0 Å². The molecule has 1 atom stereocenters. The smallest absolute Gasteiger partial charge is 0.306 e. The van der Waals surface area contributed by atoms with E-state index in [-0.39, 0.29) is 31.1 Å². The molecule has 432 valence electrons. The highest BCUT2D eigenvalue weighted by molar-refractivity contribution is 5.71. The van der Waals surface area contributed by atoms with Crippen LogP contribution in [0.25, 0.3) is 0 Å². The van der Waals surface area contributed by atoms with Crippen molar-refractivity contribution in [3.63, 3.8) is 0 Å². The van der Waals surface area contributed by atoms with Gasteiger partial charge in [0.25, 0.3) is 0 Å². The van der Waals surface area contributed by atoms with Crippen LogP contribution in [0, 0.1) is 0 Å². The highest BCUT2D eigenvalue weighted by Gasteiger charge is 2.19. The third kappa shape index (κ3) is 60.9. The van der Waals surface area contributed by atoms with E-state index in [0.29, 0.717) is 19.3 Å². The first-order valence-electron chi connectivity index (χ1n) is 33.2. The molecule has 0 N–H and O–H groups in total. The molecule has 0 radical (unpaired) electrons. The third-order valence-electron chi connectivity index (χ3n) is 15.3. The predicted molar refractivity (Wildman–Crippen MR) is 317 cm³/mol. The van der Waals surface area contributed by atoms with Crippen molar-refractivity contribution in [1.29, 1.82) is 0 Å². The average Bonchev–Trinajstić information content (AvgIpc) is 3.39. The fraction of sp³-hybridized carbons (Fsp3) is 0.925. The second-order valence-electron chi connectivity index (χ2n) is 22.7. The van der Waals surface area contributed by atoms with Crippen molar-refractivity contribution >= 4 is 17.9 Å². The van der Waals surface area contributed by atoms with Gasteiger partial charge >= 0.3 is 17.9 Å². The molecule has 0 spiro atoms. The zero-order valence-electron chi connectivity index (χ0n) is 49.7. The van der Waals surface area contributed by atoms with Gasteiger partial charge in [-0.2, -0.15) is 0 Å². The summed E-state index contributed by atoms with van der Waals surface area (Å²) < 4.78 is 16.9. The van der Waals surface area contributed by atoms with Crippen molar-refractivity contribution < 1.29 is 28.6 Å². The quantitative estimate of drug-likeness (QED) is 0.0261. The van der Waals surface area contributed by atoms with E-state index in [1.54, 1.807) is 0 Å². The Morgan fingerprint density at radius 1 is 0.260 bits per heavy atom. The van der Waals surface area contributed by atoms with E-state index in [1.165, 1.54) is 283 Å². The van der Waals surface area contributed by atoms with Crippen molar-refractivity contribution in [2.24, 2.45) is 0 Å². The summed E-state index contributed by atoms with van der Waals surface area (Å²) in [6.45, 7) is 6.70. The van der Waals surface area contributed by atoms with Gasteiger partial charge in [0.05, 0.1) is 0 Å². The van der Waals surface area contributed by atoms with Crippen LogP contribution in [0.3, 0.4) is 0 Å². The highest BCUT2D eigenvalue weighted by atomic mass is 16.6. The van der Waals surface area contributed by atoms with Gasteiger partial charge in [0, 0.05) is 19.3 Å². The first kappa shape index (κ1) is 71.2. The van der Waals surface area contributed by atoms with E-state index >= 15 is 0 Å². The lowest BCUT2D eigenvalue weighted by Crippen LogP contribution is -2.30. The first-order valence-corrected chi connectivity index (χ1v) is 33.2. The van der Waals surface area contributed by atoms with Gasteiger partial charge in [0.2, 0.25) is 0 Å². The summed E-state index contributed by atoms with van der Waals surface area (Å²) in [6, 6.07) is 0. The molecule has 0 aromatic carbocycles. The van der Waals surface area contributed by atoms with Crippen LogP contribution in [0.2, 0.25) is 0 Å². The first-order chi connectivity index (χ1) is 36.0. The summed E-state index contributed by atoms with van der Waals surface area (Å²) in [5.41, 5.74) is 0. The molecule has 0 saturated carbocycles. The Morgan fingerprint density at radius 2 is 0.452 bits per heavy atom. The lowest BCUT2D eigenvalue weighted by Gasteiger charge is -2.18. The number of ether oxygens (including phenoxy) is 3. The van der Waals surface area contributed by atoms with Crippen LogP contribution in [0.4, 0.5) is 0 Å².